The highest BCUT2D eigenvalue weighted by atomic mass is 32.2. The van der Waals surface area contributed by atoms with Crippen LogP contribution in [-0.2, 0) is 10.3 Å². The van der Waals surface area contributed by atoms with Gasteiger partial charge in [-0.15, -0.1) is 24.5 Å². The van der Waals surface area contributed by atoms with E-state index >= 15 is 0 Å². The maximum Gasteiger partial charge on any atom is 0.573 e. The summed E-state index contributed by atoms with van der Waals surface area (Å²) in [6.07, 6.45) is -3.16. The summed E-state index contributed by atoms with van der Waals surface area (Å²) in [5.41, 5.74) is 5.21. The van der Waals surface area contributed by atoms with Gasteiger partial charge in [-0.25, -0.2) is 15.0 Å². The van der Waals surface area contributed by atoms with Gasteiger partial charge in [-0.3, -0.25) is 4.79 Å². The van der Waals surface area contributed by atoms with Crippen LogP contribution in [0, 0.1) is 5.92 Å². The van der Waals surface area contributed by atoms with E-state index in [2.05, 4.69) is 25.0 Å². The highest BCUT2D eigenvalue weighted by Gasteiger charge is 2.48. The molecule has 2 aliphatic heterocycles. The summed E-state index contributed by atoms with van der Waals surface area (Å²) in [6.45, 7) is 1.01. The van der Waals surface area contributed by atoms with E-state index in [-0.39, 0.29) is 11.6 Å². The Morgan fingerprint density at radius 2 is 2.23 bits per heavy atom. The van der Waals surface area contributed by atoms with Crippen LogP contribution in [0.25, 0.3) is 0 Å². The van der Waals surface area contributed by atoms with Gasteiger partial charge in [-0.1, -0.05) is 11.8 Å². The summed E-state index contributed by atoms with van der Waals surface area (Å²) >= 11 is 2.84. The Labute approximate surface area is 177 Å². The lowest BCUT2D eigenvalue weighted by Crippen LogP contribution is -2.47. The average molecular weight is 459 g/mol. The molecule has 2 aromatic rings. The summed E-state index contributed by atoms with van der Waals surface area (Å²) < 4.78 is 46.1. The van der Waals surface area contributed by atoms with Crippen molar-refractivity contribution in [3.63, 3.8) is 0 Å². The van der Waals surface area contributed by atoms with Crippen LogP contribution in [-0.4, -0.2) is 46.4 Å². The summed E-state index contributed by atoms with van der Waals surface area (Å²) in [4.78, 5) is 25.2. The van der Waals surface area contributed by atoms with Gasteiger partial charge in [0.2, 0.25) is 0 Å². The normalized spacial score (nSPS) is 24.0. The number of amides is 1. The predicted molar refractivity (Wildman–Crippen MR) is 106 cm³/mol. The topological polar surface area (TPSA) is 112 Å². The number of nitrogens with zero attached hydrogens (tertiary/aromatic N) is 3. The van der Waals surface area contributed by atoms with E-state index < -0.39 is 23.6 Å². The van der Waals surface area contributed by atoms with Gasteiger partial charge in [0.05, 0.1) is 12.8 Å². The number of anilines is 1. The molecule has 1 amide bonds. The number of pyridine rings is 1. The third kappa shape index (κ3) is 4.37. The second-order valence-corrected chi connectivity index (χ2v) is 8.54. The zero-order valence-corrected chi connectivity index (χ0v) is 16.9. The number of alkyl halides is 3. The first-order valence-electron chi connectivity index (χ1n) is 8.80. The number of ether oxygens (including phenoxy) is 2. The molecule has 0 aromatic carbocycles. The largest absolute Gasteiger partial charge is 0.573 e. The Bertz CT molecular complexity index is 966. The number of thiazole rings is 1. The van der Waals surface area contributed by atoms with E-state index in [4.69, 9.17) is 10.5 Å². The molecule has 160 valence electrons. The second kappa shape index (κ2) is 8.04. The number of aromatic nitrogens is 2. The van der Waals surface area contributed by atoms with Crippen molar-refractivity contribution in [1.82, 2.24) is 9.97 Å². The fraction of sp³-hybridized carbons (Fsp3) is 0.412. The number of carbonyl (C=O) groups is 1. The van der Waals surface area contributed by atoms with Crippen molar-refractivity contribution in [2.45, 2.75) is 18.3 Å². The molecule has 0 saturated carbocycles. The molecule has 0 spiro atoms. The van der Waals surface area contributed by atoms with E-state index in [9.17, 15) is 18.0 Å². The Morgan fingerprint density at radius 3 is 2.97 bits per heavy atom. The molecule has 0 aliphatic carbocycles. The number of aliphatic imine (C=N–C) groups is 1. The van der Waals surface area contributed by atoms with Crippen molar-refractivity contribution in [1.29, 1.82) is 0 Å². The van der Waals surface area contributed by atoms with Gasteiger partial charge in [0.25, 0.3) is 5.91 Å². The van der Waals surface area contributed by atoms with E-state index in [1.165, 1.54) is 23.1 Å². The Kier molecular flexibility index (Phi) is 5.59. The first kappa shape index (κ1) is 20.9. The number of hydrogen-bond acceptors (Lipinski definition) is 9. The molecule has 2 atom stereocenters. The minimum Gasteiger partial charge on any atom is -0.404 e. The zero-order chi connectivity index (χ0) is 21.4. The standard InChI is InChI=1S/C17H16F3N5O3S2/c18-17(19,20)28-10-1-2-11(22-5-10)13(26)23-12-7-29-14(24-12)16-8-27-4-3-9(16)6-30-15(21)25-16/h1-2,5,7,9H,3-4,6,8H2,(H2,21,25)(H,23,26). The molecular formula is C17H16F3N5O3S2. The summed E-state index contributed by atoms with van der Waals surface area (Å²) in [6, 6.07) is 2.15. The van der Waals surface area contributed by atoms with Crippen LogP contribution in [0.4, 0.5) is 19.0 Å². The van der Waals surface area contributed by atoms with Gasteiger partial charge < -0.3 is 20.5 Å². The van der Waals surface area contributed by atoms with E-state index in [1.807, 2.05) is 0 Å². The average Bonchev–Trinajstić information content (AvgIpc) is 3.16. The van der Waals surface area contributed by atoms with Gasteiger partial charge in [0, 0.05) is 23.7 Å². The molecular weight excluding hydrogens is 443 g/mol. The fourth-order valence-electron chi connectivity index (χ4n) is 3.27. The molecule has 2 aliphatic rings. The third-order valence-electron chi connectivity index (χ3n) is 4.67. The maximum atomic E-state index is 12.4. The van der Waals surface area contributed by atoms with E-state index in [0.29, 0.717) is 29.2 Å². The number of hydrogen-bond donors (Lipinski definition) is 2. The van der Waals surface area contributed by atoms with Crippen molar-refractivity contribution in [3.8, 4) is 5.75 Å². The maximum absolute atomic E-state index is 12.4. The third-order valence-corrected chi connectivity index (χ3v) is 6.63. The Hall–Kier alpha value is -2.38. The zero-order valence-electron chi connectivity index (χ0n) is 15.3. The first-order valence-corrected chi connectivity index (χ1v) is 10.7. The predicted octanol–water partition coefficient (Wildman–Crippen LogP) is 2.98. The number of rotatable bonds is 4. The van der Waals surface area contributed by atoms with Gasteiger partial charge in [-0.2, -0.15) is 0 Å². The monoisotopic (exact) mass is 459 g/mol. The first-order chi connectivity index (χ1) is 14.2. The molecule has 0 bridgehead atoms. The van der Waals surface area contributed by atoms with Crippen LogP contribution in [0.2, 0.25) is 0 Å². The highest BCUT2D eigenvalue weighted by Crippen LogP contribution is 2.45. The number of thioether (sulfide) groups is 1. The molecule has 2 unspecified atom stereocenters. The lowest BCUT2D eigenvalue weighted by atomic mass is 9.82. The van der Waals surface area contributed by atoms with Crippen molar-refractivity contribution in [2.24, 2.45) is 16.6 Å². The minimum atomic E-state index is -4.83. The van der Waals surface area contributed by atoms with Crippen molar-refractivity contribution in [3.05, 3.63) is 34.4 Å². The summed E-state index contributed by atoms with van der Waals surface area (Å²) in [7, 11) is 0. The lowest BCUT2D eigenvalue weighted by Gasteiger charge is -2.41. The van der Waals surface area contributed by atoms with Gasteiger partial charge in [0.15, 0.2) is 5.17 Å². The summed E-state index contributed by atoms with van der Waals surface area (Å²) in [5.74, 6) is 0.213. The van der Waals surface area contributed by atoms with Crippen LogP contribution >= 0.6 is 23.1 Å². The molecule has 2 aromatic heterocycles. The minimum absolute atomic E-state index is 0.0764. The van der Waals surface area contributed by atoms with Crippen molar-refractivity contribution >= 4 is 40.0 Å². The number of halogens is 3. The van der Waals surface area contributed by atoms with Gasteiger partial charge in [0.1, 0.15) is 27.8 Å². The van der Waals surface area contributed by atoms with Gasteiger partial charge in [-0.05, 0) is 18.6 Å². The van der Waals surface area contributed by atoms with Gasteiger partial charge >= 0.3 is 6.36 Å². The second-order valence-electron chi connectivity index (χ2n) is 6.64. The number of fused-ring (bicyclic) bond motifs is 1. The quantitative estimate of drug-likeness (QED) is 0.723. The summed E-state index contributed by atoms with van der Waals surface area (Å²) in [5, 5.41) is 5.43. The van der Waals surface area contributed by atoms with Crippen molar-refractivity contribution in [2.75, 3.05) is 24.3 Å². The molecule has 4 heterocycles. The smallest absolute Gasteiger partial charge is 0.404 e. The molecule has 13 heteroatoms. The Morgan fingerprint density at radius 1 is 1.40 bits per heavy atom. The SMILES string of the molecule is NC1=NC2(c3nc(NC(=O)c4ccc(OC(F)(F)F)cn4)cs3)COCCC2CS1. The number of nitrogens with two attached hydrogens (primary N) is 1. The molecule has 3 N–H and O–H groups in total. The lowest BCUT2D eigenvalue weighted by molar-refractivity contribution is -0.274. The van der Waals surface area contributed by atoms with Crippen LogP contribution in [0.1, 0.15) is 21.9 Å². The van der Waals surface area contributed by atoms with Crippen LogP contribution < -0.4 is 15.8 Å². The Balaban J connectivity index is 1.49. The van der Waals surface area contributed by atoms with Crippen LogP contribution in [0.15, 0.2) is 28.7 Å². The van der Waals surface area contributed by atoms with Crippen molar-refractivity contribution < 1.29 is 27.4 Å². The molecule has 30 heavy (non-hydrogen) atoms. The molecule has 8 nitrogen and oxygen atoms in total. The molecule has 1 saturated heterocycles. The highest BCUT2D eigenvalue weighted by molar-refractivity contribution is 8.13. The molecule has 1 fully saturated rings. The van der Waals surface area contributed by atoms with E-state index in [0.717, 1.165) is 30.5 Å². The number of amidine groups is 1. The number of nitrogens with one attached hydrogen (secondary N) is 1. The number of carbonyl (C=O) groups excluding carboxylic acids is 1. The van der Waals surface area contributed by atoms with Crippen LogP contribution in [0.3, 0.4) is 0 Å². The molecule has 4 rings (SSSR count). The van der Waals surface area contributed by atoms with E-state index in [1.54, 1.807) is 5.38 Å². The molecule has 0 radical (unpaired) electrons. The fourth-order valence-corrected chi connectivity index (χ4v) is 5.28. The van der Waals surface area contributed by atoms with Crippen LogP contribution in [0.5, 0.6) is 5.75 Å².